The Balaban J connectivity index is 1.94. The normalized spacial score (nSPS) is 10.5. The van der Waals surface area contributed by atoms with Crippen molar-refractivity contribution >= 4 is 39.6 Å². The number of hydrogen-bond donors (Lipinski definition) is 2. The first-order chi connectivity index (χ1) is 11.5. The van der Waals surface area contributed by atoms with Crippen LogP contribution in [0.1, 0.15) is 11.1 Å². The molecule has 24 heavy (non-hydrogen) atoms. The number of hydrazone groups is 1. The van der Waals surface area contributed by atoms with Gasteiger partial charge in [-0.05, 0) is 37.3 Å². The van der Waals surface area contributed by atoms with Crippen LogP contribution < -0.4 is 15.5 Å². The van der Waals surface area contributed by atoms with Crippen LogP contribution >= 0.6 is 15.9 Å². The average molecular weight is 390 g/mol. The van der Waals surface area contributed by atoms with E-state index in [2.05, 4.69) is 31.8 Å². The van der Waals surface area contributed by atoms with E-state index in [-0.39, 0.29) is 0 Å². The summed E-state index contributed by atoms with van der Waals surface area (Å²) >= 11 is 3.37. The third kappa shape index (κ3) is 4.92. The maximum absolute atomic E-state index is 11.8. The minimum absolute atomic E-state index is 0.542. The topological polar surface area (TPSA) is 79.8 Å². The van der Waals surface area contributed by atoms with E-state index in [4.69, 9.17) is 4.74 Å². The second-order valence-corrected chi connectivity index (χ2v) is 5.76. The van der Waals surface area contributed by atoms with Crippen molar-refractivity contribution in [2.45, 2.75) is 6.92 Å². The number of benzene rings is 2. The molecule has 124 valence electrons. The van der Waals surface area contributed by atoms with Crippen LogP contribution in [0.3, 0.4) is 0 Å². The maximum atomic E-state index is 11.8. The molecule has 0 aliphatic heterocycles. The third-order valence-electron chi connectivity index (χ3n) is 3.09. The molecule has 2 amide bonds. The predicted octanol–water partition coefficient (Wildman–Crippen LogP) is 2.85. The number of amides is 2. The Morgan fingerprint density at radius 3 is 2.50 bits per heavy atom. The second-order valence-electron chi connectivity index (χ2n) is 4.91. The molecule has 0 aromatic heterocycles. The van der Waals surface area contributed by atoms with Crippen LogP contribution in [-0.4, -0.2) is 25.1 Å². The van der Waals surface area contributed by atoms with E-state index in [0.29, 0.717) is 17.0 Å². The van der Waals surface area contributed by atoms with E-state index in [1.807, 2.05) is 19.1 Å². The standard InChI is InChI=1S/C17H16BrN3O3/c1-11-3-5-13(6-4-11)20-16(22)17(23)21-19-10-12-9-14(24-2)7-8-15(12)18/h3-10H,1-2H3,(H,20,22)(H,21,23)/b19-10+. The fourth-order valence-electron chi connectivity index (χ4n) is 1.78. The Morgan fingerprint density at radius 2 is 1.83 bits per heavy atom. The molecule has 0 fully saturated rings. The van der Waals surface area contributed by atoms with Crippen molar-refractivity contribution in [3.05, 3.63) is 58.1 Å². The average Bonchev–Trinajstić information content (AvgIpc) is 2.58. The summed E-state index contributed by atoms with van der Waals surface area (Å²) in [5, 5.41) is 6.28. The summed E-state index contributed by atoms with van der Waals surface area (Å²) in [7, 11) is 1.56. The van der Waals surface area contributed by atoms with Gasteiger partial charge in [0, 0.05) is 15.7 Å². The summed E-state index contributed by atoms with van der Waals surface area (Å²) in [6.45, 7) is 1.93. The van der Waals surface area contributed by atoms with Gasteiger partial charge in [0.25, 0.3) is 0 Å². The first-order valence-corrected chi connectivity index (χ1v) is 7.83. The Bertz CT molecular complexity index is 773. The van der Waals surface area contributed by atoms with Crippen LogP contribution in [0.25, 0.3) is 0 Å². The van der Waals surface area contributed by atoms with Gasteiger partial charge in [0.05, 0.1) is 13.3 Å². The zero-order valence-electron chi connectivity index (χ0n) is 13.2. The number of carbonyl (C=O) groups is 2. The first-order valence-electron chi connectivity index (χ1n) is 7.04. The number of rotatable bonds is 4. The highest BCUT2D eigenvalue weighted by Gasteiger charge is 2.12. The van der Waals surface area contributed by atoms with Gasteiger partial charge in [0.15, 0.2) is 0 Å². The molecule has 0 radical (unpaired) electrons. The lowest BCUT2D eigenvalue weighted by atomic mass is 10.2. The lowest BCUT2D eigenvalue weighted by molar-refractivity contribution is -0.136. The van der Waals surface area contributed by atoms with E-state index in [1.54, 1.807) is 37.4 Å². The van der Waals surface area contributed by atoms with Gasteiger partial charge in [-0.2, -0.15) is 5.10 Å². The monoisotopic (exact) mass is 389 g/mol. The molecule has 6 nitrogen and oxygen atoms in total. The number of halogens is 1. The van der Waals surface area contributed by atoms with Crippen LogP contribution in [0.2, 0.25) is 0 Å². The molecule has 2 aromatic carbocycles. The lowest BCUT2D eigenvalue weighted by Crippen LogP contribution is -2.32. The van der Waals surface area contributed by atoms with Crippen LogP contribution in [0, 0.1) is 6.92 Å². The SMILES string of the molecule is COc1ccc(Br)c(/C=N/NC(=O)C(=O)Nc2ccc(C)cc2)c1. The molecular formula is C17H16BrN3O3. The number of carbonyl (C=O) groups excluding carboxylic acids is 2. The highest BCUT2D eigenvalue weighted by molar-refractivity contribution is 9.10. The zero-order chi connectivity index (χ0) is 17.5. The van der Waals surface area contributed by atoms with Crippen molar-refractivity contribution in [1.82, 2.24) is 5.43 Å². The van der Waals surface area contributed by atoms with Gasteiger partial charge in [-0.15, -0.1) is 0 Å². The number of nitrogens with zero attached hydrogens (tertiary/aromatic N) is 1. The molecule has 0 aliphatic rings. The molecule has 0 saturated carbocycles. The molecule has 0 atom stereocenters. The van der Waals surface area contributed by atoms with Gasteiger partial charge in [0.2, 0.25) is 0 Å². The Labute approximate surface area is 148 Å². The van der Waals surface area contributed by atoms with Crippen molar-refractivity contribution in [2.75, 3.05) is 12.4 Å². The molecule has 0 bridgehead atoms. The number of methoxy groups -OCH3 is 1. The molecule has 2 N–H and O–H groups in total. The van der Waals surface area contributed by atoms with E-state index in [9.17, 15) is 9.59 Å². The van der Waals surface area contributed by atoms with Gasteiger partial charge >= 0.3 is 11.8 Å². The highest BCUT2D eigenvalue weighted by atomic mass is 79.9. The number of aryl methyl sites for hydroxylation is 1. The largest absolute Gasteiger partial charge is 0.497 e. The Kier molecular flexibility index (Phi) is 6.08. The third-order valence-corrected chi connectivity index (χ3v) is 3.81. The van der Waals surface area contributed by atoms with Crippen LogP contribution in [0.4, 0.5) is 5.69 Å². The minimum atomic E-state index is -0.856. The molecule has 0 heterocycles. The van der Waals surface area contributed by atoms with Crippen molar-refractivity contribution in [1.29, 1.82) is 0 Å². The molecule has 0 spiro atoms. The fourth-order valence-corrected chi connectivity index (χ4v) is 2.13. The van der Waals surface area contributed by atoms with Gasteiger partial charge in [-0.1, -0.05) is 33.6 Å². The van der Waals surface area contributed by atoms with Crippen molar-refractivity contribution in [3.63, 3.8) is 0 Å². The summed E-state index contributed by atoms with van der Waals surface area (Å²) in [6, 6.07) is 12.4. The smallest absolute Gasteiger partial charge is 0.329 e. The summed E-state index contributed by atoms with van der Waals surface area (Å²) in [5.41, 5.74) is 4.49. The minimum Gasteiger partial charge on any atom is -0.497 e. The first kappa shape index (κ1) is 17.7. The van der Waals surface area contributed by atoms with E-state index >= 15 is 0 Å². The molecular weight excluding hydrogens is 374 g/mol. The van der Waals surface area contributed by atoms with E-state index in [0.717, 1.165) is 10.0 Å². The Hall–Kier alpha value is -2.67. The molecule has 2 rings (SSSR count). The lowest BCUT2D eigenvalue weighted by Gasteiger charge is -2.05. The highest BCUT2D eigenvalue weighted by Crippen LogP contribution is 2.20. The van der Waals surface area contributed by atoms with Crippen molar-refractivity contribution < 1.29 is 14.3 Å². The Morgan fingerprint density at radius 1 is 1.12 bits per heavy atom. The second kappa shape index (κ2) is 8.26. The molecule has 2 aromatic rings. The number of anilines is 1. The van der Waals surface area contributed by atoms with Crippen LogP contribution in [-0.2, 0) is 9.59 Å². The summed E-state index contributed by atoms with van der Waals surface area (Å²) in [6.07, 6.45) is 1.42. The fraction of sp³-hybridized carbons (Fsp3) is 0.118. The number of hydrogen-bond acceptors (Lipinski definition) is 4. The zero-order valence-corrected chi connectivity index (χ0v) is 14.8. The number of ether oxygens (including phenoxy) is 1. The van der Waals surface area contributed by atoms with E-state index in [1.165, 1.54) is 6.21 Å². The van der Waals surface area contributed by atoms with E-state index < -0.39 is 11.8 Å². The van der Waals surface area contributed by atoms with Crippen molar-refractivity contribution in [3.8, 4) is 5.75 Å². The van der Waals surface area contributed by atoms with Gasteiger partial charge in [-0.3, -0.25) is 9.59 Å². The number of nitrogens with one attached hydrogen (secondary N) is 2. The molecule has 7 heteroatoms. The van der Waals surface area contributed by atoms with Crippen LogP contribution in [0.15, 0.2) is 52.0 Å². The molecule has 0 aliphatic carbocycles. The quantitative estimate of drug-likeness (QED) is 0.479. The summed E-state index contributed by atoms with van der Waals surface area (Å²) in [5.74, 6) is -0.991. The summed E-state index contributed by atoms with van der Waals surface area (Å²) in [4.78, 5) is 23.5. The molecule has 0 saturated heterocycles. The van der Waals surface area contributed by atoms with Crippen LogP contribution in [0.5, 0.6) is 5.75 Å². The predicted molar refractivity (Wildman–Crippen MR) is 96.2 cm³/mol. The van der Waals surface area contributed by atoms with Gasteiger partial charge < -0.3 is 10.1 Å². The summed E-state index contributed by atoms with van der Waals surface area (Å²) < 4.78 is 5.90. The van der Waals surface area contributed by atoms with Gasteiger partial charge in [-0.25, -0.2) is 5.43 Å². The van der Waals surface area contributed by atoms with Crippen molar-refractivity contribution in [2.24, 2.45) is 5.10 Å². The van der Waals surface area contributed by atoms with Gasteiger partial charge in [0.1, 0.15) is 5.75 Å². The maximum Gasteiger partial charge on any atom is 0.329 e. The molecule has 0 unspecified atom stereocenters.